The van der Waals surface area contributed by atoms with Crippen molar-refractivity contribution in [3.05, 3.63) is 41.5 Å². The molecule has 1 aromatic carbocycles. The molecule has 134 valence electrons. The number of ether oxygens (including phenoxy) is 1. The molecule has 0 spiro atoms. The molecule has 0 heterocycles. The van der Waals surface area contributed by atoms with Crippen LogP contribution in [-0.2, 0) is 14.3 Å². The molecule has 2 rings (SSSR count). The van der Waals surface area contributed by atoms with Gasteiger partial charge in [-0.2, -0.15) is 0 Å². The van der Waals surface area contributed by atoms with E-state index in [9.17, 15) is 14.4 Å². The van der Waals surface area contributed by atoms with Crippen LogP contribution in [0.25, 0.3) is 6.08 Å². The monoisotopic (exact) mass is 344 g/mol. The van der Waals surface area contributed by atoms with E-state index in [-0.39, 0.29) is 6.04 Å². The second-order valence-corrected chi connectivity index (χ2v) is 6.27. The molecule has 3 amide bonds. The maximum Gasteiger partial charge on any atom is 0.331 e. The zero-order valence-electron chi connectivity index (χ0n) is 14.6. The minimum absolute atomic E-state index is 0.114. The number of benzene rings is 1. The van der Waals surface area contributed by atoms with Crippen molar-refractivity contribution in [2.45, 2.75) is 51.7 Å². The Morgan fingerprint density at radius 2 is 1.80 bits per heavy atom. The molecule has 1 saturated carbocycles. The molecular formula is C19H24N2O4. The van der Waals surface area contributed by atoms with Crippen molar-refractivity contribution in [3.63, 3.8) is 0 Å². The van der Waals surface area contributed by atoms with Crippen LogP contribution >= 0.6 is 0 Å². The SMILES string of the molecule is Cc1ccc(/C=C/C(=O)O[C@@H](C)C(=O)NC(=O)NC2CCCC2)cc1. The molecule has 0 saturated heterocycles. The van der Waals surface area contributed by atoms with Crippen molar-refractivity contribution in [2.24, 2.45) is 0 Å². The van der Waals surface area contributed by atoms with Crippen LogP contribution in [0.5, 0.6) is 0 Å². The maximum atomic E-state index is 11.9. The first-order valence-corrected chi connectivity index (χ1v) is 8.51. The van der Waals surface area contributed by atoms with Crippen molar-refractivity contribution >= 4 is 24.0 Å². The molecular weight excluding hydrogens is 320 g/mol. The van der Waals surface area contributed by atoms with Crippen LogP contribution in [0.15, 0.2) is 30.3 Å². The summed E-state index contributed by atoms with van der Waals surface area (Å²) in [5, 5.41) is 4.95. The van der Waals surface area contributed by atoms with Crippen molar-refractivity contribution in [1.82, 2.24) is 10.6 Å². The number of rotatable bonds is 5. The number of aryl methyl sites for hydroxylation is 1. The van der Waals surface area contributed by atoms with E-state index < -0.39 is 24.0 Å². The lowest BCUT2D eigenvalue weighted by Crippen LogP contribution is -2.47. The summed E-state index contributed by atoms with van der Waals surface area (Å²) >= 11 is 0. The van der Waals surface area contributed by atoms with Gasteiger partial charge in [0.1, 0.15) is 0 Å². The van der Waals surface area contributed by atoms with Gasteiger partial charge in [-0.1, -0.05) is 42.7 Å². The first-order chi connectivity index (χ1) is 11.9. The number of amides is 3. The summed E-state index contributed by atoms with van der Waals surface area (Å²) in [6.45, 7) is 3.40. The summed E-state index contributed by atoms with van der Waals surface area (Å²) in [7, 11) is 0. The maximum absolute atomic E-state index is 11.9. The van der Waals surface area contributed by atoms with Gasteiger partial charge in [0, 0.05) is 12.1 Å². The summed E-state index contributed by atoms with van der Waals surface area (Å²) < 4.78 is 5.01. The first kappa shape index (κ1) is 18.7. The third-order valence-electron chi connectivity index (χ3n) is 4.08. The quantitative estimate of drug-likeness (QED) is 0.635. The van der Waals surface area contributed by atoms with Gasteiger partial charge in [-0.05, 0) is 38.3 Å². The van der Waals surface area contributed by atoms with E-state index in [2.05, 4.69) is 10.6 Å². The number of carbonyl (C=O) groups excluding carboxylic acids is 3. The third-order valence-corrected chi connectivity index (χ3v) is 4.08. The summed E-state index contributed by atoms with van der Waals surface area (Å²) in [5.74, 6) is -1.29. The van der Waals surface area contributed by atoms with E-state index in [0.29, 0.717) is 0 Å². The molecule has 1 aliphatic rings. The Hall–Kier alpha value is -2.63. The summed E-state index contributed by atoms with van der Waals surface area (Å²) in [5.41, 5.74) is 1.98. The van der Waals surface area contributed by atoms with Gasteiger partial charge in [-0.25, -0.2) is 9.59 Å². The van der Waals surface area contributed by atoms with Gasteiger partial charge < -0.3 is 10.1 Å². The highest BCUT2D eigenvalue weighted by atomic mass is 16.5. The van der Waals surface area contributed by atoms with Crippen LogP contribution in [0.4, 0.5) is 4.79 Å². The van der Waals surface area contributed by atoms with Crippen LogP contribution in [0, 0.1) is 6.92 Å². The fourth-order valence-corrected chi connectivity index (χ4v) is 2.61. The van der Waals surface area contributed by atoms with E-state index in [1.165, 1.54) is 13.0 Å². The molecule has 1 fully saturated rings. The lowest BCUT2D eigenvalue weighted by Gasteiger charge is -2.15. The van der Waals surface area contributed by atoms with Gasteiger partial charge >= 0.3 is 12.0 Å². The largest absolute Gasteiger partial charge is 0.449 e. The van der Waals surface area contributed by atoms with Crippen molar-refractivity contribution in [3.8, 4) is 0 Å². The number of esters is 1. The fourth-order valence-electron chi connectivity index (χ4n) is 2.61. The van der Waals surface area contributed by atoms with Gasteiger partial charge in [-0.3, -0.25) is 10.1 Å². The molecule has 25 heavy (non-hydrogen) atoms. The van der Waals surface area contributed by atoms with Gasteiger partial charge in [-0.15, -0.1) is 0 Å². The fraction of sp³-hybridized carbons (Fsp3) is 0.421. The lowest BCUT2D eigenvalue weighted by molar-refractivity contribution is -0.149. The molecule has 0 radical (unpaired) electrons. The Balaban J connectivity index is 1.76. The highest BCUT2D eigenvalue weighted by molar-refractivity contribution is 5.98. The number of urea groups is 1. The predicted octanol–water partition coefficient (Wildman–Crippen LogP) is 2.71. The predicted molar refractivity (Wildman–Crippen MR) is 94.7 cm³/mol. The molecule has 1 aliphatic carbocycles. The molecule has 6 heteroatoms. The zero-order chi connectivity index (χ0) is 18.2. The van der Waals surface area contributed by atoms with E-state index in [4.69, 9.17) is 4.74 Å². The van der Waals surface area contributed by atoms with Gasteiger partial charge in [0.05, 0.1) is 0 Å². The summed E-state index contributed by atoms with van der Waals surface area (Å²) in [4.78, 5) is 35.4. The molecule has 1 aromatic rings. The van der Waals surface area contributed by atoms with Crippen LogP contribution in [0.3, 0.4) is 0 Å². The second-order valence-electron chi connectivity index (χ2n) is 6.27. The van der Waals surface area contributed by atoms with Crippen LogP contribution in [0.1, 0.15) is 43.7 Å². The van der Waals surface area contributed by atoms with E-state index in [1.54, 1.807) is 6.08 Å². The Labute approximate surface area is 147 Å². The van der Waals surface area contributed by atoms with E-state index >= 15 is 0 Å². The normalized spacial score (nSPS) is 15.8. The second kappa shape index (κ2) is 9.01. The molecule has 0 unspecified atom stereocenters. The van der Waals surface area contributed by atoms with Crippen molar-refractivity contribution in [1.29, 1.82) is 0 Å². The van der Waals surface area contributed by atoms with Gasteiger partial charge in [0.25, 0.3) is 5.91 Å². The smallest absolute Gasteiger partial charge is 0.331 e. The molecule has 0 aromatic heterocycles. The molecule has 0 aliphatic heterocycles. The standard InChI is InChI=1S/C19H24N2O4/c1-13-7-9-15(10-8-13)11-12-17(22)25-14(2)18(23)21-19(24)20-16-5-3-4-6-16/h7-12,14,16H,3-6H2,1-2H3,(H2,20,21,23,24)/b12-11+/t14-/m0/s1. The number of hydrogen-bond acceptors (Lipinski definition) is 4. The van der Waals surface area contributed by atoms with Crippen LogP contribution in [0.2, 0.25) is 0 Å². The highest BCUT2D eigenvalue weighted by Crippen LogP contribution is 2.17. The molecule has 6 nitrogen and oxygen atoms in total. The van der Waals surface area contributed by atoms with Gasteiger partial charge in [0.15, 0.2) is 6.10 Å². The number of hydrogen-bond donors (Lipinski definition) is 2. The lowest BCUT2D eigenvalue weighted by atomic mass is 10.1. The average molecular weight is 344 g/mol. The Bertz CT molecular complexity index is 646. The highest BCUT2D eigenvalue weighted by Gasteiger charge is 2.22. The molecule has 2 N–H and O–H groups in total. The number of carbonyl (C=O) groups is 3. The first-order valence-electron chi connectivity index (χ1n) is 8.51. The Morgan fingerprint density at radius 3 is 2.44 bits per heavy atom. The van der Waals surface area contributed by atoms with Crippen LogP contribution in [-0.4, -0.2) is 30.1 Å². The van der Waals surface area contributed by atoms with Crippen LogP contribution < -0.4 is 10.6 Å². The number of nitrogens with one attached hydrogen (secondary N) is 2. The van der Waals surface area contributed by atoms with Crippen molar-refractivity contribution in [2.75, 3.05) is 0 Å². The Kier molecular flexibility index (Phi) is 6.74. The van der Waals surface area contributed by atoms with E-state index in [1.807, 2.05) is 31.2 Å². The molecule has 1 atom stereocenters. The average Bonchev–Trinajstić information content (AvgIpc) is 3.07. The Morgan fingerprint density at radius 1 is 1.16 bits per heavy atom. The minimum atomic E-state index is -1.05. The van der Waals surface area contributed by atoms with Gasteiger partial charge in [0.2, 0.25) is 0 Å². The zero-order valence-corrected chi connectivity index (χ0v) is 14.6. The summed E-state index contributed by atoms with van der Waals surface area (Å²) in [6.07, 6.45) is 5.84. The summed E-state index contributed by atoms with van der Waals surface area (Å²) in [6, 6.07) is 7.19. The topological polar surface area (TPSA) is 84.5 Å². The minimum Gasteiger partial charge on any atom is -0.449 e. The third kappa shape index (κ3) is 6.41. The van der Waals surface area contributed by atoms with Crippen molar-refractivity contribution < 1.29 is 19.1 Å². The molecule has 0 bridgehead atoms. The van der Waals surface area contributed by atoms with E-state index in [0.717, 1.165) is 36.8 Å². The number of imide groups is 1.